The first kappa shape index (κ1) is 14.6. The number of carbonyl (C=O) groups is 2. The lowest BCUT2D eigenvalue weighted by molar-refractivity contribution is -0.148. The molecule has 110 valence electrons. The SMILES string of the molecule is CCC[C@H](C(=O)NC1(C(=O)O)CCCC1)n1cccc1. The molecule has 0 aromatic carbocycles. The number of hydrogen-bond acceptors (Lipinski definition) is 2. The fraction of sp³-hybridized carbons (Fsp3) is 0.600. The second-order valence-corrected chi connectivity index (χ2v) is 5.52. The summed E-state index contributed by atoms with van der Waals surface area (Å²) >= 11 is 0. The summed E-state index contributed by atoms with van der Waals surface area (Å²) in [5, 5.41) is 12.2. The van der Waals surface area contributed by atoms with E-state index in [-0.39, 0.29) is 11.9 Å². The Morgan fingerprint density at radius 3 is 2.40 bits per heavy atom. The average Bonchev–Trinajstić information content (AvgIpc) is 3.07. The summed E-state index contributed by atoms with van der Waals surface area (Å²) in [5.41, 5.74) is -1.06. The summed E-state index contributed by atoms with van der Waals surface area (Å²) < 4.78 is 1.85. The number of rotatable bonds is 6. The molecule has 20 heavy (non-hydrogen) atoms. The zero-order valence-electron chi connectivity index (χ0n) is 11.8. The Kier molecular flexibility index (Phi) is 4.47. The molecule has 1 aromatic rings. The third kappa shape index (κ3) is 2.86. The van der Waals surface area contributed by atoms with Crippen LogP contribution in [0.1, 0.15) is 51.5 Å². The zero-order valence-corrected chi connectivity index (χ0v) is 11.8. The summed E-state index contributed by atoms with van der Waals surface area (Å²) in [6.45, 7) is 2.02. The maximum Gasteiger partial charge on any atom is 0.329 e. The van der Waals surface area contributed by atoms with Gasteiger partial charge in [-0.05, 0) is 31.4 Å². The molecule has 1 atom stereocenters. The second kappa shape index (κ2) is 6.11. The lowest BCUT2D eigenvalue weighted by Crippen LogP contribution is -2.54. The maximum absolute atomic E-state index is 12.5. The van der Waals surface area contributed by atoms with Crippen LogP contribution < -0.4 is 5.32 Å². The van der Waals surface area contributed by atoms with Gasteiger partial charge in [-0.1, -0.05) is 26.2 Å². The van der Waals surface area contributed by atoms with E-state index in [4.69, 9.17) is 0 Å². The molecule has 1 aromatic heterocycles. The minimum Gasteiger partial charge on any atom is -0.480 e. The van der Waals surface area contributed by atoms with Crippen molar-refractivity contribution in [3.05, 3.63) is 24.5 Å². The summed E-state index contributed by atoms with van der Waals surface area (Å²) in [4.78, 5) is 24.0. The van der Waals surface area contributed by atoms with Crippen molar-refractivity contribution < 1.29 is 14.7 Å². The van der Waals surface area contributed by atoms with Crippen molar-refractivity contribution in [2.75, 3.05) is 0 Å². The van der Waals surface area contributed by atoms with Crippen molar-refractivity contribution >= 4 is 11.9 Å². The first-order chi connectivity index (χ1) is 9.59. The number of carboxylic acids is 1. The van der Waals surface area contributed by atoms with Gasteiger partial charge in [0.2, 0.25) is 5.91 Å². The maximum atomic E-state index is 12.5. The fourth-order valence-electron chi connectivity index (χ4n) is 2.93. The van der Waals surface area contributed by atoms with Gasteiger partial charge in [0.25, 0.3) is 0 Å². The minimum atomic E-state index is -1.06. The fourth-order valence-corrected chi connectivity index (χ4v) is 2.93. The average molecular weight is 278 g/mol. The summed E-state index contributed by atoms with van der Waals surface area (Å²) in [5.74, 6) is -1.10. The van der Waals surface area contributed by atoms with Gasteiger partial charge in [0.15, 0.2) is 0 Å². The van der Waals surface area contributed by atoms with E-state index in [0.717, 1.165) is 19.3 Å². The Labute approximate surface area is 119 Å². The van der Waals surface area contributed by atoms with Crippen molar-refractivity contribution in [2.24, 2.45) is 0 Å². The smallest absolute Gasteiger partial charge is 0.329 e. The molecule has 5 heteroatoms. The van der Waals surface area contributed by atoms with Crippen molar-refractivity contribution in [1.29, 1.82) is 0 Å². The molecule has 1 aliphatic rings. The van der Waals surface area contributed by atoms with Gasteiger partial charge in [-0.25, -0.2) is 4.79 Å². The van der Waals surface area contributed by atoms with Gasteiger partial charge in [-0.2, -0.15) is 0 Å². The van der Waals surface area contributed by atoms with Crippen LogP contribution in [0, 0.1) is 0 Å². The van der Waals surface area contributed by atoms with E-state index in [0.29, 0.717) is 19.3 Å². The first-order valence-electron chi connectivity index (χ1n) is 7.27. The predicted octanol–water partition coefficient (Wildman–Crippen LogP) is 2.34. The molecule has 0 aliphatic heterocycles. The first-order valence-corrected chi connectivity index (χ1v) is 7.27. The van der Waals surface area contributed by atoms with E-state index in [2.05, 4.69) is 5.32 Å². The Balaban J connectivity index is 2.14. The Bertz CT molecular complexity index is 461. The van der Waals surface area contributed by atoms with Crippen molar-refractivity contribution in [3.63, 3.8) is 0 Å². The molecule has 0 radical (unpaired) electrons. The Morgan fingerprint density at radius 1 is 1.30 bits per heavy atom. The number of carbonyl (C=O) groups excluding carboxylic acids is 1. The van der Waals surface area contributed by atoms with E-state index < -0.39 is 11.5 Å². The molecule has 0 spiro atoms. The quantitative estimate of drug-likeness (QED) is 0.839. The molecule has 1 amide bonds. The molecule has 2 rings (SSSR count). The third-order valence-corrected chi connectivity index (χ3v) is 4.08. The van der Waals surface area contributed by atoms with Gasteiger partial charge in [0.05, 0.1) is 0 Å². The van der Waals surface area contributed by atoms with E-state index in [9.17, 15) is 14.7 Å². The molecule has 5 nitrogen and oxygen atoms in total. The summed E-state index contributed by atoms with van der Waals surface area (Å²) in [6, 6.07) is 3.42. The highest BCUT2D eigenvalue weighted by molar-refractivity contribution is 5.89. The molecule has 0 unspecified atom stereocenters. The Hall–Kier alpha value is -1.78. The van der Waals surface area contributed by atoms with E-state index >= 15 is 0 Å². The minimum absolute atomic E-state index is 0.188. The molecule has 1 fully saturated rings. The van der Waals surface area contributed by atoms with Crippen LogP contribution in [-0.4, -0.2) is 27.1 Å². The van der Waals surface area contributed by atoms with Gasteiger partial charge in [-0.15, -0.1) is 0 Å². The molecule has 0 bridgehead atoms. The van der Waals surface area contributed by atoms with E-state index in [1.54, 1.807) is 0 Å². The van der Waals surface area contributed by atoms with Crippen LogP contribution in [0.25, 0.3) is 0 Å². The lowest BCUT2D eigenvalue weighted by atomic mass is 9.96. The van der Waals surface area contributed by atoms with Crippen LogP contribution in [0.2, 0.25) is 0 Å². The largest absolute Gasteiger partial charge is 0.480 e. The standard InChI is InChI=1S/C15H22N2O3/c1-2-7-12(17-10-5-6-11-17)13(18)16-15(14(19)20)8-3-4-9-15/h5-6,10-12H,2-4,7-9H2,1H3,(H,16,18)(H,19,20)/t12-/m1/s1. The molecule has 2 N–H and O–H groups in total. The van der Waals surface area contributed by atoms with Crippen molar-refractivity contribution in [1.82, 2.24) is 9.88 Å². The van der Waals surface area contributed by atoms with Crippen LogP contribution >= 0.6 is 0 Å². The second-order valence-electron chi connectivity index (χ2n) is 5.52. The van der Waals surface area contributed by atoms with Crippen molar-refractivity contribution in [2.45, 2.75) is 57.0 Å². The predicted molar refractivity (Wildman–Crippen MR) is 75.4 cm³/mol. The van der Waals surface area contributed by atoms with E-state index in [1.807, 2.05) is 36.0 Å². The van der Waals surface area contributed by atoms with Gasteiger partial charge < -0.3 is 15.0 Å². The highest BCUT2D eigenvalue weighted by atomic mass is 16.4. The number of nitrogens with one attached hydrogen (secondary N) is 1. The number of amides is 1. The number of aliphatic carboxylic acids is 1. The molecule has 1 aliphatic carbocycles. The van der Waals surface area contributed by atoms with Gasteiger partial charge in [-0.3, -0.25) is 4.79 Å². The van der Waals surface area contributed by atoms with Crippen LogP contribution in [-0.2, 0) is 9.59 Å². The Morgan fingerprint density at radius 2 is 1.90 bits per heavy atom. The van der Waals surface area contributed by atoms with Crippen LogP contribution in [0.15, 0.2) is 24.5 Å². The highest BCUT2D eigenvalue weighted by Gasteiger charge is 2.43. The van der Waals surface area contributed by atoms with Gasteiger partial charge in [0.1, 0.15) is 11.6 Å². The number of aromatic nitrogens is 1. The third-order valence-electron chi connectivity index (χ3n) is 4.08. The zero-order chi connectivity index (χ0) is 14.6. The normalized spacial score (nSPS) is 18.6. The lowest BCUT2D eigenvalue weighted by Gasteiger charge is -2.28. The molecule has 0 saturated heterocycles. The molecular formula is C15H22N2O3. The van der Waals surface area contributed by atoms with Crippen LogP contribution in [0.5, 0.6) is 0 Å². The molecule has 1 heterocycles. The summed E-state index contributed by atoms with van der Waals surface area (Å²) in [6.07, 6.45) is 8.04. The number of hydrogen-bond donors (Lipinski definition) is 2. The van der Waals surface area contributed by atoms with Gasteiger partial charge >= 0.3 is 5.97 Å². The summed E-state index contributed by atoms with van der Waals surface area (Å²) in [7, 11) is 0. The number of nitrogens with zero attached hydrogens (tertiary/aromatic N) is 1. The number of carboxylic acid groups (broad SMARTS) is 1. The van der Waals surface area contributed by atoms with Gasteiger partial charge in [0, 0.05) is 12.4 Å². The highest BCUT2D eigenvalue weighted by Crippen LogP contribution is 2.31. The topological polar surface area (TPSA) is 71.3 Å². The van der Waals surface area contributed by atoms with Crippen LogP contribution in [0.3, 0.4) is 0 Å². The van der Waals surface area contributed by atoms with Crippen molar-refractivity contribution in [3.8, 4) is 0 Å². The molecular weight excluding hydrogens is 256 g/mol. The van der Waals surface area contributed by atoms with E-state index in [1.165, 1.54) is 0 Å². The van der Waals surface area contributed by atoms with Crippen LogP contribution in [0.4, 0.5) is 0 Å². The molecule has 1 saturated carbocycles. The monoisotopic (exact) mass is 278 g/mol.